The Labute approximate surface area is 201 Å². The summed E-state index contributed by atoms with van der Waals surface area (Å²) in [5, 5.41) is 22.3. The van der Waals surface area contributed by atoms with E-state index in [1.54, 1.807) is 6.07 Å². The number of rotatable bonds is 10. The molecule has 0 amide bonds. The number of aromatic hydroxyl groups is 1. The second-order valence-corrected chi connectivity index (χ2v) is 10.3. The van der Waals surface area contributed by atoms with Crippen molar-refractivity contribution < 1.29 is 24.5 Å². The largest absolute Gasteiger partial charge is 0.507 e. The molecule has 7 heteroatoms. The maximum atomic E-state index is 12.1. The summed E-state index contributed by atoms with van der Waals surface area (Å²) in [6.45, 7) is 9.17. The van der Waals surface area contributed by atoms with Gasteiger partial charge in [0.15, 0.2) is 6.04 Å². The van der Waals surface area contributed by atoms with E-state index in [1.165, 1.54) is 23.3 Å². The van der Waals surface area contributed by atoms with Gasteiger partial charge >= 0.3 is 5.97 Å². The van der Waals surface area contributed by atoms with Gasteiger partial charge < -0.3 is 19.7 Å². The smallest absolute Gasteiger partial charge is 0.341 e. The quantitative estimate of drug-likeness (QED) is 0.268. The molecule has 0 saturated heterocycles. The van der Waals surface area contributed by atoms with Gasteiger partial charge in [-0.1, -0.05) is 51.1 Å². The van der Waals surface area contributed by atoms with Crippen molar-refractivity contribution in [2.75, 3.05) is 19.8 Å². The van der Waals surface area contributed by atoms with Crippen LogP contribution in [0, 0.1) is 4.91 Å². The van der Waals surface area contributed by atoms with E-state index in [2.05, 4.69) is 45.0 Å². The van der Waals surface area contributed by atoms with E-state index in [0.29, 0.717) is 18.6 Å². The fraction of sp³-hybridized carbons (Fsp3) is 0.519. The van der Waals surface area contributed by atoms with Crippen LogP contribution in [0.25, 0.3) is 0 Å². The van der Waals surface area contributed by atoms with E-state index < -0.39 is 12.0 Å². The average molecular weight is 470 g/mol. The van der Waals surface area contributed by atoms with Crippen LogP contribution in [0.4, 0.5) is 0 Å². The van der Waals surface area contributed by atoms with Crippen molar-refractivity contribution in [2.24, 2.45) is 5.18 Å². The molecule has 0 aliphatic heterocycles. The molecule has 0 saturated carbocycles. The fourth-order valence-electron chi connectivity index (χ4n) is 4.41. The molecule has 1 aliphatic carbocycles. The van der Waals surface area contributed by atoms with Gasteiger partial charge in [-0.2, -0.15) is 4.91 Å². The lowest BCUT2D eigenvalue weighted by Gasteiger charge is -2.42. The van der Waals surface area contributed by atoms with Gasteiger partial charge in [-0.05, 0) is 65.3 Å². The topological polar surface area (TPSA) is 105 Å². The highest BCUT2D eigenvalue weighted by Gasteiger charge is 2.37. The lowest BCUT2D eigenvalue weighted by atomic mass is 9.63. The number of nitrogens with zero attached hydrogens (tertiary/aromatic N) is 1. The second kappa shape index (κ2) is 10.6. The zero-order valence-electron chi connectivity index (χ0n) is 20.5. The van der Waals surface area contributed by atoms with Gasteiger partial charge in [0.25, 0.3) is 0 Å². The first-order chi connectivity index (χ1) is 16.1. The van der Waals surface area contributed by atoms with Gasteiger partial charge in [0.2, 0.25) is 0 Å². The number of benzene rings is 2. The number of carbonyl (C=O) groups is 1. The van der Waals surface area contributed by atoms with Gasteiger partial charge in [-0.15, -0.1) is 0 Å². The van der Waals surface area contributed by atoms with Crippen molar-refractivity contribution in [3.8, 4) is 11.5 Å². The molecule has 0 bridgehead atoms. The number of unbranched alkanes of at least 4 members (excludes halogenated alkanes) is 1. The van der Waals surface area contributed by atoms with Crippen molar-refractivity contribution >= 4 is 5.97 Å². The van der Waals surface area contributed by atoms with E-state index in [0.717, 1.165) is 18.4 Å². The molecule has 1 unspecified atom stereocenters. The Balaban J connectivity index is 1.70. The molecule has 0 heterocycles. The van der Waals surface area contributed by atoms with E-state index >= 15 is 0 Å². The third-order valence-electron chi connectivity index (χ3n) is 6.77. The predicted octanol–water partition coefficient (Wildman–Crippen LogP) is 5.56. The minimum Gasteiger partial charge on any atom is -0.507 e. The van der Waals surface area contributed by atoms with E-state index in [-0.39, 0.29) is 42.0 Å². The van der Waals surface area contributed by atoms with Crippen molar-refractivity contribution in [3.05, 3.63) is 63.6 Å². The Kier molecular flexibility index (Phi) is 7.97. The summed E-state index contributed by atoms with van der Waals surface area (Å²) < 4.78 is 10.8. The maximum absolute atomic E-state index is 12.1. The monoisotopic (exact) mass is 469 g/mol. The average Bonchev–Trinajstić information content (AvgIpc) is 2.80. The molecule has 2 aromatic rings. The standard InChI is InChI=1S/C27H35NO6/c1-26(2)11-12-27(3,4)22-15-18(7-10-21(22)26)23(28-32)17-34-19-8-9-20(24(30)16-19)25(31)33-14-6-5-13-29/h7-10,15-16,23,29-30H,5-6,11-14,17H2,1-4H3. The first kappa shape index (κ1) is 25.7. The Morgan fingerprint density at radius 1 is 1.03 bits per heavy atom. The van der Waals surface area contributed by atoms with Crippen LogP contribution >= 0.6 is 0 Å². The summed E-state index contributed by atoms with van der Waals surface area (Å²) >= 11 is 0. The second-order valence-electron chi connectivity index (χ2n) is 10.3. The summed E-state index contributed by atoms with van der Waals surface area (Å²) in [5.74, 6) is -0.588. The lowest BCUT2D eigenvalue weighted by molar-refractivity contribution is 0.0489. The van der Waals surface area contributed by atoms with Crippen LogP contribution in [-0.2, 0) is 15.6 Å². The number of esters is 1. The third kappa shape index (κ3) is 5.76. The molecular weight excluding hydrogens is 434 g/mol. The van der Waals surface area contributed by atoms with Crippen LogP contribution in [-0.4, -0.2) is 36.0 Å². The molecule has 2 aromatic carbocycles. The van der Waals surface area contributed by atoms with E-state index in [4.69, 9.17) is 14.6 Å². The molecule has 184 valence electrons. The molecule has 7 nitrogen and oxygen atoms in total. The van der Waals surface area contributed by atoms with Crippen LogP contribution in [0.5, 0.6) is 11.5 Å². The molecule has 2 N–H and O–H groups in total. The van der Waals surface area contributed by atoms with Crippen LogP contribution in [0.3, 0.4) is 0 Å². The molecular formula is C27H35NO6. The minimum absolute atomic E-state index is 0.0104. The third-order valence-corrected chi connectivity index (χ3v) is 6.77. The number of aliphatic hydroxyl groups excluding tert-OH is 1. The number of hydrogen-bond donors (Lipinski definition) is 2. The summed E-state index contributed by atoms with van der Waals surface area (Å²) in [5.41, 5.74) is 3.48. The molecule has 0 fully saturated rings. The number of hydrogen-bond acceptors (Lipinski definition) is 7. The SMILES string of the molecule is CC1(C)CCC(C)(C)c2cc(C(COc3ccc(C(=O)OCCCCO)c(O)c3)N=O)ccc21. The zero-order valence-corrected chi connectivity index (χ0v) is 20.5. The molecule has 0 aromatic heterocycles. The minimum atomic E-state index is -0.704. The Morgan fingerprint density at radius 3 is 2.38 bits per heavy atom. The van der Waals surface area contributed by atoms with Crippen LogP contribution in [0.1, 0.15) is 86.5 Å². The van der Waals surface area contributed by atoms with Crippen molar-refractivity contribution in [3.63, 3.8) is 0 Å². The number of aliphatic hydroxyl groups is 1. The van der Waals surface area contributed by atoms with Crippen LogP contribution in [0.15, 0.2) is 41.6 Å². The van der Waals surface area contributed by atoms with Crippen molar-refractivity contribution in [1.29, 1.82) is 0 Å². The highest BCUT2D eigenvalue weighted by Crippen LogP contribution is 2.46. The van der Waals surface area contributed by atoms with Gasteiger partial charge in [-0.3, -0.25) is 0 Å². The van der Waals surface area contributed by atoms with Gasteiger partial charge in [-0.25, -0.2) is 4.79 Å². The van der Waals surface area contributed by atoms with Gasteiger partial charge in [0, 0.05) is 12.7 Å². The molecule has 0 radical (unpaired) electrons. The fourth-order valence-corrected chi connectivity index (χ4v) is 4.41. The Morgan fingerprint density at radius 2 is 1.74 bits per heavy atom. The number of fused-ring (bicyclic) bond motifs is 1. The first-order valence-electron chi connectivity index (χ1n) is 11.8. The van der Waals surface area contributed by atoms with E-state index in [9.17, 15) is 14.8 Å². The van der Waals surface area contributed by atoms with Crippen LogP contribution in [0.2, 0.25) is 0 Å². The van der Waals surface area contributed by atoms with Crippen molar-refractivity contribution in [2.45, 2.75) is 70.3 Å². The molecule has 1 atom stereocenters. The normalized spacial score (nSPS) is 16.9. The summed E-state index contributed by atoms with van der Waals surface area (Å²) in [7, 11) is 0. The summed E-state index contributed by atoms with van der Waals surface area (Å²) in [6.07, 6.45) is 3.27. The number of phenols is 1. The molecule has 0 spiro atoms. The molecule has 1 aliphatic rings. The van der Waals surface area contributed by atoms with Gasteiger partial charge in [0.05, 0.1) is 6.61 Å². The molecule has 3 rings (SSSR count). The Bertz CT molecular complexity index is 1030. The van der Waals surface area contributed by atoms with Crippen LogP contribution < -0.4 is 4.74 Å². The first-order valence-corrected chi connectivity index (χ1v) is 11.8. The molecule has 34 heavy (non-hydrogen) atoms. The number of phenolic OH excluding ortho intramolecular Hbond substituents is 1. The maximum Gasteiger partial charge on any atom is 0.341 e. The van der Waals surface area contributed by atoms with Gasteiger partial charge in [0.1, 0.15) is 23.7 Å². The zero-order chi connectivity index (χ0) is 24.9. The number of nitroso groups, excluding NO2 is 1. The predicted molar refractivity (Wildman–Crippen MR) is 130 cm³/mol. The highest BCUT2D eigenvalue weighted by molar-refractivity contribution is 5.92. The number of carbonyl (C=O) groups excluding carboxylic acids is 1. The lowest BCUT2D eigenvalue weighted by Crippen LogP contribution is -2.34. The number of ether oxygens (including phenoxy) is 2. The van der Waals surface area contributed by atoms with E-state index in [1.807, 2.05) is 6.07 Å². The van der Waals surface area contributed by atoms with Crippen molar-refractivity contribution in [1.82, 2.24) is 0 Å². The Hall–Kier alpha value is -2.93. The highest BCUT2D eigenvalue weighted by atomic mass is 16.5. The summed E-state index contributed by atoms with van der Waals surface area (Å²) in [4.78, 5) is 23.8. The summed E-state index contributed by atoms with van der Waals surface area (Å²) in [6, 6.07) is 9.73.